The van der Waals surface area contributed by atoms with Gasteiger partial charge in [-0.1, -0.05) is 0 Å². The third kappa shape index (κ3) is 6.68. The second-order valence-corrected chi connectivity index (χ2v) is 13.0. The third-order valence-electron chi connectivity index (χ3n) is 8.73. The van der Waals surface area contributed by atoms with Gasteiger partial charge in [0.2, 0.25) is 11.9 Å². The fourth-order valence-electron chi connectivity index (χ4n) is 6.58. The van der Waals surface area contributed by atoms with E-state index in [1.54, 1.807) is 12.1 Å². The Morgan fingerprint density at radius 2 is 1.63 bits per heavy atom. The Kier molecular flexibility index (Phi) is 8.35. The second-order valence-electron chi connectivity index (χ2n) is 13.0. The smallest absolute Gasteiger partial charge is 0.323 e. The van der Waals surface area contributed by atoms with Crippen LogP contribution >= 0.6 is 0 Å². The lowest BCUT2D eigenvalue weighted by atomic mass is 9.99. The molecule has 250 valence electrons. The highest BCUT2D eigenvalue weighted by Gasteiger charge is 2.60. The van der Waals surface area contributed by atoms with E-state index in [9.17, 15) is 10.1 Å². The van der Waals surface area contributed by atoms with Gasteiger partial charge in [-0.15, -0.1) is 0 Å². The van der Waals surface area contributed by atoms with Gasteiger partial charge in [0.15, 0.2) is 17.9 Å². The molecule has 0 amide bonds. The first kappa shape index (κ1) is 31.2. The Morgan fingerprint density at radius 1 is 0.935 bits per heavy atom. The van der Waals surface area contributed by atoms with Crippen molar-refractivity contribution in [3.63, 3.8) is 0 Å². The van der Waals surface area contributed by atoms with Crippen LogP contribution in [0.4, 0.5) is 23.3 Å². The number of hydrogen-bond acceptors (Lipinski definition) is 15. The number of nitrogens with one attached hydrogen (secondary N) is 1. The maximum absolute atomic E-state index is 11.1. The molecular formula is C30H41N7O9. The van der Waals surface area contributed by atoms with E-state index in [4.69, 9.17) is 38.1 Å². The first-order valence-corrected chi connectivity index (χ1v) is 15.9. The number of rotatable bonds is 9. The molecule has 5 aliphatic heterocycles. The van der Waals surface area contributed by atoms with E-state index < -0.39 is 47.2 Å². The Hall–Kier alpha value is -3.41. The van der Waals surface area contributed by atoms with Gasteiger partial charge in [0, 0.05) is 57.2 Å². The van der Waals surface area contributed by atoms with Crippen LogP contribution in [0.2, 0.25) is 0 Å². The van der Waals surface area contributed by atoms with Crippen LogP contribution in [0.25, 0.3) is 0 Å². The van der Waals surface area contributed by atoms with E-state index in [2.05, 4.69) is 25.1 Å². The molecule has 16 nitrogen and oxygen atoms in total. The van der Waals surface area contributed by atoms with Gasteiger partial charge in [0.05, 0.1) is 11.0 Å². The molecule has 46 heavy (non-hydrogen) atoms. The van der Waals surface area contributed by atoms with Crippen LogP contribution in [0.15, 0.2) is 24.3 Å². The maximum atomic E-state index is 11.1. The Bertz CT molecular complexity index is 1400. The molecule has 2 aromatic rings. The molecule has 0 bridgehead atoms. The van der Waals surface area contributed by atoms with E-state index in [0.717, 1.165) is 25.1 Å². The topological polar surface area (TPSA) is 165 Å². The summed E-state index contributed by atoms with van der Waals surface area (Å²) in [5.41, 5.74) is 0.999. The van der Waals surface area contributed by atoms with E-state index in [1.165, 1.54) is 12.1 Å². The molecule has 5 saturated heterocycles. The van der Waals surface area contributed by atoms with E-state index >= 15 is 0 Å². The molecule has 6 atom stereocenters. The highest BCUT2D eigenvalue weighted by molar-refractivity contribution is 5.52. The highest BCUT2D eigenvalue weighted by Crippen LogP contribution is 2.44. The summed E-state index contributed by atoms with van der Waals surface area (Å²) < 4.78 is 42.9. The minimum Gasteiger partial charge on any atom is -0.460 e. The van der Waals surface area contributed by atoms with Gasteiger partial charge in [-0.05, 0) is 52.7 Å². The quantitative estimate of drug-likeness (QED) is 0.313. The van der Waals surface area contributed by atoms with Crippen molar-refractivity contribution in [3.05, 3.63) is 34.4 Å². The molecule has 0 spiro atoms. The number of nitrogens with zero attached hydrogens (tertiary/aromatic N) is 6. The molecule has 6 heterocycles. The zero-order chi connectivity index (χ0) is 32.1. The fraction of sp³-hybridized carbons (Fsp3) is 0.700. The van der Waals surface area contributed by atoms with Crippen molar-refractivity contribution in [1.29, 1.82) is 0 Å². The van der Waals surface area contributed by atoms with Crippen LogP contribution in [0.3, 0.4) is 0 Å². The number of nitro groups is 1. The number of aromatic nitrogens is 3. The van der Waals surface area contributed by atoms with Crippen molar-refractivity contribution in [2.75, 3.05) is 61.1 Å². The molecule has 1 unspecified atom stereocenters. The number of anilines is 3. The van der Waals surface area contributed by atoms with Gasteiger partial charge in [0.25, 0.3) is 5.69 Å². The Balaban J connectivity index is 1.06. The third-order valence-corrected chi connectivity index (χ3v) is 8.73. The lowest BCUT2D eigenvalue weighted by Crippen LogP contribution is -2.56. The molecule has 0 radical (unpaired) electrons. The van der Waals surface area contributed by atoms with Crippen molar-refractivity contribution in [2.24, 2.45) is 0 Å². The maximum Gasteiger partial charge on any atom is 0.323 e. The molecule has 1 aromatic heterocycles. The number of benzene rings is 1. The summed E-state index contributed by atoms with van der Waals surface area (Å²) >= 11 is 0. The fourth-order valence-corrected chi connectivity index (χ4v) is 6.58. The molecule has 0 aliphatic carbocycles. The summed E-state index contributed by atoms with van der Waals surface area (Å²) in [5, 5.41) is 14.4. The van der Waals surface area contributed by atoms with Gasteiger partial charge >= 0.3 is 6.01 Å². The average Bonchev–Trinajstić information content (AvgIpc) is 3.75. The van der Waals surface area contributed by atoms with E-state index in [0.29, 0.717) is 44.6 Å². The zero-order valence-corrected chi connectivity index (χ0v) is 26.5. The van der Waals surface area contributed by atoms with E-state index in [1.807, 2.05) is 27.7 Å². The monoisotopic (exact) mass is 643 g/mol. The largest absolute Gasteiger partial charge is 0.460 e. The lowest BCUT2D eigenvalue weighted by molar-refractivity contribution is -0.384. The van der Waals surface area contributed by atoms with Gasteiger partial charge in [-0.3, -0.25) is 10.1 Å². The number of fused-ring (bicyclic) bond motifs is 3. The van der Waals surface area contributed by atoms with Crippen LogP contribution in [-0.2, 0) is 28.4 Å². The van der Waals surface area contributed by atoms with Gasteiger partial charge in [-0.2, -0.15) is 15.0 Å². The van der Waals surface area contributed by atoms with Gasteiger partial charge in [-0.25, -0.2) is 0 Å². The lowest BCUT2D eigenvalue weighted by Gasteiger charge is -2.37. The first-order valence-electron chi connectivity index (χ1n) is 15.9. The standard InChI is InChI=1S/C30H41N7O9/c1-29(2)43-22-21(42-25-24(23(22)44-29)45-30(3,4)46-25)17-41-28-33-26(31-16-20-6-5-15-40-20)32-27(34-28)36-13-11-35(12-14-36)18-7-9-19(10-8-18)37(38)39/h7-10,20-25H,5-6,11-17H2,1-4H3,(H,31,32,33,34)/t20?,21-,22+,23+,24-,25-/m1/s1. The van der Waals surface area contributed by atoms with Crippen molar-refractivity contribution in [1.82, 2.24) is 15.0 Å². The minimum atomic E-state index is -0.821. The van der Waals surface area contributed by atoms with Crippen molar-refractivity contribution in [2.45, 2.75) is 88.9 Å². The van der Waals surface area contributed by atoms with Crippen molar-refractivity contribution < 1.29 is 38.1 Å². The summed E-state index contributed by atoms with van der Waals surface area (Å²) in [5.74, 6) is -0.757. The normalized spacial score (nSPS) is 31.4. The summed E-state index contributed by atoms with van der Waals surface area (Å²) in [6, 6.07) is 6.76. The van der Waals surface area contributed by atoms with Crippen LogP contribution in [0, 0.1) is 10.1 Å². The highest BCUT2D eigenvalue weighted by atomic mass is 16.9. The zero-order valence-electron chi connectivity index (χ0n) is 26.5. The molecule has 7 rings (SSSR count). The Morgan fingerprint density at radius 3 is 2.35 bits per heavy atom. The molecule has 1 aromatic carbocycles. The van der Waals surface area contributed by atoms with Gasteiger partial charge in [0.1, 0.15) is 31.0 Å². The van der Waals surface area contributed by atoms with Crippen LogP contribution < -0.4 is 19.9 Å². The number of nitro benzene ring substituents is 1. The molecule has 5 fully saturated rings. The first-order chi connectivity index (χ1) is 22.0. The predicted octanol–water partition coefficient (Wildman–Crippen LogP) is 2.47. The Labute approximate surface area is 266 Å². The summed E-state index contributed by atoms with van der Waals surface area (Å²) in [6.07, 6.45) is -0.331. The summed E-state index contributed by atoms with van der Waals surface area (Å²) in [6.45, 7) is 11.5. The summed E-state index contributed by atoms with van der Waals surface area (Å²) in [7, 11) is 0. The number of piperazine rings is 1. The number of non-ortho nitro benzene ring substituents is 1. The van der Waals surface area contributed by atoms with Crippen LogP contribution in [-0.4, -0.2) is 114 Å². The van der Waals surface area contributed by atoms with E-state index in [-0.39, 0.29) is 24.4 Å². The SMILES string of the molecule is CC1(C)O[C@H]2[C@@H](O1)[C@@H](COc1nc(NCC3CCCO3)nc(N3CCN(c4ccc([N+](=O)[O-])cc4)CC3)n1)O[C@@H]1OC(C)(C)O[C@@H]12. The second kappa shape index (κ2) is 12.3. The predicted molar refractivity (Wildman–Crippen MR) is 163 cm³/mol. The van der Waals surface area contributed by atoms with Crippen LogP contribution in [0.5, 0.6) is 6.01 Å². The molecule has 0 saturated carbocycles. The minimum absolute atomic E-state index is 0.0702. The number of hydrogen-bond donors (Lipinski definition) is 1. The van der Waals surface area contributed by atoms with Crippen molar-refractivity contribution in [3.8, 4) is 6.01 Å². The van der Waals surface area contributed by atoms with Crippen molar-refractivity contribution >= 4 is 23.3 Å². The molecule has 5 aliphatic rings. The van der Waals surface area contributed by atoms with Gasteiger partial charge < -0.3 is 48.3 Å². The molecule has 16 heteroatoms. The van der Waals surface area contributed by atoms with Crippen LogP contribution in [0.1, 0.15) is 40.5 Å². The molecule has 1 N–H and O–H groups in total. The number of ether oxygens (including phenoxy) is 7. The molecular weight excluding hydrogens is 602 g/mol. The summed E-state index contributed by atoms with van der Waals surface area (Å²) in [4.78, 5) is 28.9. The average molecular weight is 644 g/mol.